The van der Waals surface area contributed by atoms with E-state index in [0.717, 1.165) is 0 Å². The number of nitrogens with two attached hydrogens (primary N) is 1. The molecule has 4 N–H and O–H groups in total. The SMILES string of the molecule is Nc1ncc2c(=O)[nH][nH]c2n1. The summed E-state index contributed by atoms with van der Waals surface area (Å²) < 4.78 is 0. The number of H-pyrrole nitrogens is 2. The minimum atomic E-state index is -0.236. The summed E-state index contributed by atoms with van der Waals surface area (Å²) in [6.07, 6.45) is 1.38. The van der Waals surface area contributed by atoms with Gasteiger partial charge in [-0.15, -0.1) is 0 Å². The van der Waals surface area contributed by atoms with Gasteiger partial charge in [0.05, 0.1) is 0 Å². The Kier molecular flexibility index (Phi) is 0.974. The molecule has 0 amide bonds. The molecule has 0 unspecified atom stereocenters. The lowest BCUT2D eigenvalue weighted by Crippen LogP contribution is -1.99. The third-order valence-corrected chi connectivity index (χ3v) is 1.35. The summed E-state index contributed by atoms with van der Waals surface area (Å²) in [6.45, 7) is 0. The summed E-state index contributed by atoms with van der Waals surface area (Å²) in [4.78, 5) is 18.3. The van der Waals surface area contributed by atoms with Gasteiger partial charge in [-0.05, 0) is 0 Å². The fourth-order valence-corrected chi connectivity index (χ4v) is 0.840. The first-order chi connectivity index (χ1) is 5.27. The number of hydrogen-bond acceptors (Lipinski definition) is 4. The zero-order chi connectivity index (χ0) is 7.84. The summed E-state index contributed by atoms with van der Waals surface area (Å²) in [5.41, 5.74) is 5.47. The monoisotopic (exact) mass is 151 g/mol. The van der Waals surface area contributed by atoms with Crippen LogP contribution in [0.2, 0.25) is 0 Å². The Morgan fingerprint density at radius 1 is 1.45 bits per heavy atom. The summed E-state index contributed by atoms with van der Waals surface area (Å²) >= 11 is 0. The van der Waals surface area contributed by atoms with Crippen LogP contribution in [0.3, 0.4) is 0 Å². The van der Waals surface area contributed by atoms with Crippen LogP contribution in [0.5, 0.6) is 0 Å². The number of nitrogen functional groups attached to an aromatic ring is 1. The van der Waals surface area contributed by atoms with Crippen LogP contribution >= 0.6 is 0 Å². The van der Waals surface area contributed by atoms with E-state index in [4.69, 9.17) is 5.73 Å². The van der Waals surface area contributed by atoms with Crippen molar-refractivity contribution in [2.24, 2.45) is 0 Å². The zero-order valence-electron chi connectivity index (χ0n) is 5.46. The Balaban J connectivity index is 2.97. The number of fused-ring (bicyclic) bond motifs is 1. The lowest BCUT2D eigenvalue weighted by atomic mass is 10.4. The van der Waals surface area contributed by atoms with Gasteiger partial charge in [0.1, 0.15) is 5.39 Å². The largest absolute Gasteiger partial charge is 0.368 e. The molecule has 0 atom stereocenters. The highest BCUT2D eigenvalue weighted by molar-refractivity contribution is 5.73. The fourth-order valence-electron chi connectivity index (χ4n) is 0.840. The molecule has 0 saturated heterocycles. The Morgan fingerprint density at radius 3 is 3.09 bits per heavy atom. The van der Waals surface area contributed by atoms with E-state index in [1.807, 2.05) is 0 Å². The van der Waals surface area contributed by atoms with Gasteiger partial charge in [0.25, 0.3) is 5.56 Å². The highest BCUT2D eigenvalue weighted by Gasteiger charge is 2.01. The quantitative estimate of drug-likeness (QED) is 0.460. The fraction of sp³-hybridized carbons (Fsp3) is 0. The molecule has 0 aliphatic heterocycles. The smallest absolute Gasteiger partial charge is 0.275 e. The van der Waals surface area contributed by atoms with E-state index >= 15 is 0 Å². The zero-order valence-corrected chi connectivity index (χ0v) is 5.46. The van der Waals surface area contributed by atoms with Crippen LogP contribution in [-0.2, 0) is 0 Å². The summed E-state index contributed by atoms with van der Waals surface area (Å²) in [6, 6.07) is 0. The molecule has 0 aliphatic rings. The first-order valence-electron chi connectivity index (χ1n) is 2.96. The molecule has 2 aromatic heterocycles. The third kappa shape index (κ3) is 0.759. The maximum absolute atomic E-state index is 10.9. The van der Waals surface area contributed by atoms with Gasteiger partial charge in [-0.25, -0.2) is 4.98 Å². The maximum Gasteiger partial charge on any atom is 0.275 e. The molecule has 0 fully saturated rings. The Bertz CT molecular complexity index is 441. The number of anilines is 1. The number of hydrogen-bond donors (Lipinski definition) is 3. The van der Waals surface area contributed by atoms with Gasteiger partial charge < -0.3 is 5.73 Å². The minimum absolute atomic E-state index is 0.146. The molecule has 0 aromatic carbocycles. The van der Waals surface area contributed by atoms with Crippen LogP contribution in [0.25, 0.3) is 11.0 Å². The highest BCUT2D eigenvalue weighted by Crippen LogP contribution is 2.00. The second-order valence-electron chi connectivity index (χ2n) is 2.07. The lowest BCUT2D eigenvalue weighted by Gasteiger charge is -1.87. The van der Waals surface area contributed by atoms with Crippen molar-refractivity contribution in [1.82, 2.24) is 20.2 Å². The standard InChI is InChI=1S/C5H5N5O/c6-5-7-1-2-3(8-5)9-10-4(2)11/h1H,(H4,6,7,8,9,10,11). The Labute approximate surface area is 60.5 Å². The van der Waals surface area contributed by atoms with Crippen molar-refractivity contribution in [1.29, 1.82) is 0 Å². The van der Waals surface area contributed by atoms with Crippen molar-refractivity contribution in [3.63, 3.8) is 0 Å². The molecule has 11 heavy (non-hydrogen) atoms. The molecular weight excluding hydrogens is 146 g/mol. The molecular formula is C5H5N5O. The van der Waals surface area contributed by atoms with Gasteiger partial charge in [-0.3, -0.25) is 15.0 Å². The van der Waals surface area contributed by atoms with Crippen LogP contribution < -0.4 is 11.3 Å². The van der Waals surface area contributed by atoms with Crippen LogP contribution in [0, 0.1) is 0 Å². The summed E-state index contributed by atoms with van der Waals surface area (Å²) in [5, 5.41) is 5.34. The Morgan fingerprint density at radius 2 is 2.27 bits per heavy atom. The van der Waals surface area contributed by atoms with Crippen LogP contribution in [-0.4, -0.2) is 20.2 Å². The van der Waals surface area contributed by atoms with E-state index < -0.39 is 0 Å². The normalized spacial score (nSPS) is 10.5. The van der Waals surface area contributed by atoms with Gasteiger partial charge in [0, 0.05) is 6.20 Å². The van der Waals surface area contributed by atoms with Crippen LogP contribution in [0.1, 0.15) is 0 Å². The first-order valence-corrected chi connectivity index (χ1v) is 2.96. The topological polar surface area (TPSA) is 100 Å². The molecule has 0 bridgehead atoms. The van der Waals surface area contributed by atoms with E-state index in [0.29, 0.717) is 11.0 Å². The second-order valence-corrected chi connectivity index (χ2v) is 2.07. The summed E-state index contributed by atoms with van der Waals surface area (Å²) in [5.74, 6) is 0.146. The van der Waals surface area contributed by atoms with Crippen molar-refractivity contribution < 1.29 is 0 Å². The van der Waals surface area contributed by atoms with Crippen molar-refractivity contribution in [2.45, 2.75) is 0 Å². The molecule has 6 nitrogen and oxygen atoms in total. The van der Waals surface area contributed by atoms with Gasteiger partial charge >= 0.3 is 0 Å². The number of aromatic nitrogens is 4. The van der Waals surface area contributed by atoms with Crippen molar-refractivity contribution >= 4 is 17.0 Å². The average molecular weight is 151 g/mol. The molecule has 0 aliphatic carbocycles. The predicted molar refractivity (Wildman–Crippen MR) is 38.9 cm³/mol. The van der Waals surface area contributed by atoms with E-state index in [2.05, 4.69) is 20.2 Å². The van der Waals surface area contributed by atoms with Gasteiger partial charge in [0.15, 0.2) is 5.65 Å². The van der Waals surface area contributed by atoms with Gasteiger partial charge in [-0.1, -0.05) is 0 Å². The molecule has 2 aromatic rings. The molecule has 0 spiro atoms. The van der Waals surface area contributed by atoms with Crippen LogP contribution in [0.15, 0.2) is 11.0 Å². The molecule has 0 radical (unpaired) electrons. The van der Waals surface area contributed by atoms with E-state index in [1.54, 1.807) is 0 Å². The second kappa shape index (κ2) is 1.82. The van der Waals surface area contributed by atoms with Crippen LogP contribution in [0.4, 0.5) is 5.95 Å². The van der Waals surface area contributed by atoms with E-state index in [-0.39, 0.29) is 11.5 Å². The maximum atomic E-state index is 10.9. The van der Waals surface area contributed by atoms with Crippen molar-refractivity contribution in [3.8, 4) is 0 Å². The van der Waals surface area contributed by atoms with E-state index in [9.17, 15) is 4.79 Å². The van der Waals surface area contributed by atoms with Gasteiger partial charge in [-0.2, -0.15) is 4.98 Å². The van der Waals surface area contributed by atoms with Crippen molar-refractivity contribution in [2.75, 3.05) is 5.73 Å². The molecule has 6 heteroatoms. The molecule has 0 saturated carbocycles. The molecule has 2 heterocycles. The molecule has 56 valence electrons. The number of nitrogens with one attached hydrogen (secondary N) is 2. The minimum Gasteiger partial charge on any atom is -0.368 e. The number of nitrogens with zero attached hydrogens (tertiary/aromatic N) is 2. The number of aromatic amines is 2. The lowest BCUT2D eigenvalue weighted by molar-refractivity contribution is 1.06. The first kappa shape index (κ1) is 5.90. The third-order valence-electron chi connectivity index (χ3n) is 1.35. The summed E-state index contributed by atoms with van der Waals surface area (Å²) in [7, 11) is 0. The Hall–Kier alpha value is -1.85. The predicted octanol–water partition coefficient (Wildman–Crippen LogP) is -0.772. The van der Waals surface area contributed by atoms with E-state index in [1.165, 1.54) is 6.20 Å². The van der Waals surface area contributed by atoms with Crippen molar-refractivity contribution in [3.05, 3.63) is 16.6 Å². The average Bonchev–Trinajstić information content (AvgIpc) is 2.32. The molecule has 2 rings (SSSR count). The number of rotatable bonds is 0. The highest BCUT2D eigenvalue weighted by atomic mass is 16.1. The van der Waals surface area contributed by atoms with Gasteiger partial charge in [0.2, 0.25) is 5.95 Å².